The van der Waals surface area contributed by atoms with Gasteiger partial charge in [0.1, 0.15) is 12.4 Å². The molecule has 1 aromatic carbocycles. The van der Waals surface area contributed by atoms with Gasteiger partial charge in [-0.3, -0.25) is 25.3 Å². The molecule has 180 valence electrons. The summed E-state index contributed by atoms with van der Waals surface area (Å²) < 4.78 is 19.6. The number of aromatic nitrogens is 1. The number of nitrogens with one attached hydrogen (secondary N) is 2. The van der Waals surface area contributed by atoms with Crippen LogP contribution in [0.4, 0.5) is 4.39 Å². The Morgan fingerprint density at radius 3 is 2.65 bits per heavy atom. The molecule has 2 aromatic rings. The molecule has 0 saturated carbocycles. The number of hydrogen-bond acceptors (Lipinski definition) is 6. The number of carbonyl (C=O) groups excluding carboxylic acids is 2. The molecular formula is C23H24ClFN4O5. The first-order valence-electron chi connectivity index (χ1n) is 10.6. The summed E-state index contributed by atoms with van der Waals surface area (Å²) in [6, 6.07) is 9.90. The van der Waals surface area contributed by atoms with E-state index in [1.807, 2.05) is 17.0 Å². The van der Waals surface area contributed by atoms with Gasteiger partial charge in [-0.05, 0) is 44.1 Å². The maximum absolute atomic E-state index is 13.9. The molecule has 1 fully saturated rings. The number of hydrogen-bond donors (Lipinski definition) is 3. The smallest absolute Gasteiger partial charge is 0.328 e. The second kappa shape index (κ2) is 12.1. The molecule has 0 spiro atoms. The van der Waals surface area contributed by atoms with Crippen molar-refractivity contribution >= 4 is 29.4 Å². The summed E-state index contributed by atoms with van der Waals surface area (Å²) in [5, 5.41) is 8.80. The number of rotatable bonds is 8. The standard InChI is InChI=1S/C23H24ClFN4O5/c24-17-5-4-16(18(25)12-17)14-34-22-3-1-2-19(26-22)15-8-10-29(11-9-15)13-21(31)28-27-20(30)6-7-23(32)33/h1-7,12,15H,8-11,13-14H2,(H,27,30)(H,28,31)(H,32,33)/b7-6+. The number of pyridine rings is 1. The molecule has 1 aliphatic heterocycles. The fourth-order valence-electron chi connectivity index (χ4n) is 3.48. The monoisotopic (exact) mass is 490 g/mol. The molecule has 0 bridgehead atoms. The Bertz CT molecular complexity index is 1070. The van der Waals surface area contributed by atoms with Crippen LogP contribution >= 0.6 is 11.6 Å². The van der Waals surface area contributed by atoms with Crippen molar-refractivity contribution in [3.8, 4) is 5.88 Å². The van der Waals surface area contributed by atoms with Crippen molar-refractivity contribution in [2.24, 2.45) is 0 Å². The third kappa shape index (κ3) is 7.82. The molecule has 1 aliphatic rings. The SMILES string of the molecule is O=C(O)/C=C/C(=O)NNC(=O)CN1CCC(c2cccc(OCc3ccc(Cl)cc3F)n2)CC1. The lowest BCUT2D eigenvalue weighted by Crippen LogP contribution is -2.47. The van der Waals surface area contributed by atoms with Crippen LogP contribution in [0.3, 0.4) is 0 Å². The van der Waals surface area contributed by atoms with Gasteiger partial charge in [0.25, 0.3) is 11.8 Å². The molecule has 2 amide bonds. The van der Waals surface area contributed by atoms with Crippen LogP contribution in [0.2, 0.25) is 5.02 Å². The molecule has 0 aliphatic carbocycles. The van der Waals surface area contributed by atoms with Crippen LogP contribution in [0.5, 0.6) is 5.88 Å². The zero-order chi connectivity index (χ0) is 24.5. The third-order valence-electron chi connectivity index (χ3n) is 5.21. The van der Waals surface area contributed by atoms with Gasteiger partial charge in [-0.1, -0.05) is 23.7 Å². The lowest BCUT2D eigenvalue weighted by Gasteiger charge is -2.31. The van der Waals surface area contributed by atoms with Crippen LogP contribution < -0.4 is 15.6 Å². The first kappa shape index (κ1) is 25.1. The molecular weight excluding hydrogens is 467 g/mol. The Morgan fingerprint density at radius 1 is 1.18 bits per heavy atom. The lowest BCUT2D eigenvalue weighted by atomic mass is 9.93. The molecule has 1 aromatic heterocycles. The van der Waals surface area contributed by atoms with Crippen LogP contribution in [0.1, 0.15) is 30.0 Å². The van der Waals surface area contributed by atoms with Crippen LogP contribution in [0, 0.1) is 5.82 Å². The van der Waals surface area contributed by atoms with Crippen molar-refractivity contribution < 1.29 is 28.6 Å². The number of hydrazine groups is 1. The van der Waals surface area contributed by atoms with E-state index >= 15 is 0 Å². The largest absolute Gasteiger partial charge is 0.478 e. The second-order valence-electron chi connectivity index (χ2n) is 7.68. The molecule has 34 heavy (non-hydrogen) atoms. The van der Waals surface area contributed by atoms with E-state index in [2.05, 4.69) is 15.8 Å². The van der Waals surface area contributed by atoms with Gasteiger partial charge in [0.15, 0.2) is 0 Å². The minimum Gasteiger partial charge on any atom is -0.478 e. The van der Waals surface area contributed by atoms with Gasteiger partial charge in [0.05, 0.1) is 6.54 Å². The number of carboxylic acids is 1. The highest BCUT2D eigenvalue weighted by Crippen LogP contribution is 2.28. The number of aliphatic carboxylic acids is 1. The number of ether oxygens (including phenoxy) is 1. The summed E-state index contributed by atoms with van der Waals surface area (Å²) in [6.07, 6.45) is 3.05. The number of halogens is 2. The van der Waals surface area contributed by atoms with E-state index in [1.165, 1.54) is 6.07 Å². The first-order chi connectivity index (χ1) is 16.3. The number of carbonyl (C=O) groups is 3. The minimum absolute atomic E-state index is 0.0373. The normalized spacial score (nSPS) is 14.6. The molecule has 3 rings (SSSR count). The number of piperidine rings is 1. The van der Waals surface area contributed by atoms with E-state index < -0.39 is 23.6 Å². The Hall–Kier alpha value is -3.50. The molecule has 9 nitrogen and oxygen atoms in total. The summed E-state index contributed by atoms with van der Waals surface area (Å²) in [5.74, 6) is -2.24. The van der Waals surface area contributed by atoms with Gasteiger partial charge in [-0.15, -0.1) is 0 Å². The number of nitrogens with zero attached hydrogens (tertiary/aromatic N) is 2. The van der Waals surface area contributed by atoms with Crippen molar-refractivity contribution in [1.82, 2.24) is 20.7 Å². The Labute approximate surface area is 200 Å². The van der Waals surface area contributed by atoms with Gasteiger partial charge in [0, 0.05) is 40.4 Å². The molecule has 3 N–H and O–H groups in total. The maximum Gasteiger partial charge on any atom is 0.328 e. The predicted octanol–water partition coefficient (Wildman–Crippen LogP) is 2.42. The average molecular weight is 491 g/mol. The van der Waals surface area contributed by atoms with E-state index in [-0.39, 0.29) is 19.1 Å². The van der Waals surface area contributed by atoms with Gasteiger partial charge in [-0.25, -0.2) is 14.2 Å². The maximum atomic E-state index is 13.9. The topological polar surface area (TPSA) is 121 Å². The molecule has 1 saturated heterocycles. The number of benzene rings is 1. The molecule has 0 unspecified atom stereocenters. The summed E-state index contributed by atoms with van der Waals surface area (Å²) in [5.41, 5.74) is 5.64. The molecule has 0 radical (unpaired) electrons. The first-order valence-corrected chi connectivity index (χ1v) is 10.9. The Balaban J connectivity index is 1.44. The molecule has 11 heteroatoms. The zero-order valence-corrected chi connectivity index (χ0v) is 18.9. The summed E-state index contributed by atoms with van der Waals surface area (Å²) in [6.45, 7) is 1.45. The number of likely N-dealkylation sites (tertiary alicyclic amines) is 1. The van der Waals surface area contributed by atoms with E-state index in [0.29, 0.717) is 35.6 Å². The zero-order valence-electron chi connectivity index (χ0n) is 18.2. The van der Waals surface area contributed by atoms with E-state index in [4.69, 9.17) is 21.4 Å². The van der Waals surface area contributed by atoms with Crippen molar-refractivity contribution in [2.45, 2.75) is 25.4 Å². The Morgan fingerprint density at radius 2 is 1.94 bits per heavy atom. The fraction of sp³-hybridized carbons (Fsp3) is 0.304. The van der Waals surface area contributed by atoms with E-state index in [9.17, 15) is 18.8 Å². The average Bonchev–Trinajstić information content (AvgIpc) is 2.81. The summed E-state index contributed by atoms with van der Waals surface area (Å²) >= 11 is 5.77. The number of amides is 2. The highest BCUT2D eigenvalue weighted by Gasteiger charge is 2.23. The van der Waals surface area contributed by atoms with Gasteiger partial charge >= 0.3 is 5.97 Å². The highest BCUT2D eigenvalue weighted by atomic mass is 35.5. The predicted molar refractivity (Wildman–Crippen MR) is 121 cm³/mol. The fourth-order valence-corrected chi connectivity index (χ4v) is 3.64. The minimum atomic E-state index is -1.26. The van der Waals surface area contributed by atoms with E-state index in [0.717, 1.165) is 24.6 Å². The number of carboxylic acid groups (broad SMARTS) is 1. The van der Waals surface area contributed by atoms with Gasteiger partial charge in [0.2, 0.25) is 5.88 Å². The molecule has 0 atom stereocenters. The van der Waals surface area contributed by atoms with Crippen LogP contribution in [-0.2, 0) is 21.0 Å². The Kier molecular flexibility index (Phi) is 8.94. The van der Waals surface area contributed by atoms with Crippen molar-refractivity contribution in [3.63, 3.8) is 0 Å². The van der Waals surface area contributed by atoms with Crippen LogP contribution in [0.25, 0.3) is 0 Å². The van der Waals surface area contributed by atoms with Crippen molar-refractivity contribution in [3.05, 3.63) is 70.6 Å². The molecule has 2 heterocycles. The highest BCUT2D eigenvalue weighted by molar-refractivity contribution is 6.30. The lowest BCUT2D eigenvalue weighted by molar-refractivity contribution is -0.131. The third-order valence-corrected chi connectivity index (χ3v) is 5.45. The summed E-state index contributed by atoms with van der Waals surface area (Å²) in [4.78, 5) is 40.3. The quantitative estimate of drug-likeness (QED) is 0.384. The summed E-state index contributed by atoms with van der Waals surface area (Å²) in [7, 11) is 0. The van der Waals surface area contributed by atoms with Gasteiger partial charge < -0.3 is 9.84 Å². The van der Waals surface area contributed by atoms with Gasteiger partial charge in [-0.2, -0.15) is 0 Å². The van der Waals surface area contributed by atoms with Crippen molar-refractivity contribution in [2.75, 3.05) is 19.6 Å². The van der Waals surface area contributed by atoms with Crippen LogP contribution in [0.15, 0.2) is 48.6 Å². The van der Waals surface area contributed by atoms with E-state index in [1.54, 1.807) is 18.2 Å². The van der Waals surface area contributed by atoms with Crippen LogP contribution in [-0.4, -0.2) is 52.4 Å². The second-order valence-corrected chi connectivity index (χ2v) is 8.12. The van der Waals surface area contributed by atoms with Crippen molar-refractivity contribution in [1.29, 1.82) is 0 Å².